The largest absolute Gasteiger partial charge is 0.497 e. The number of hydrogen-bond acceptors (Lipinski definition) is 4. The molecule has 0 aromatic heterocycles. The lowest BCUT2D eigenvalue weighted by atomic mass is 9.71. The maximum absolute atomic E-state index is 12.2. The van der Waals surface area contributed by atoms with Gasteiger partial charge >= 0.3 is 5.97 Å². The number of ether oxygens (including phenoxy) is 1. The maximum Gasteiger partial charge on any atom is 0.318 e. The molecule has 120 valence electrons. The van der Waals surface area contributed by atoms with E-state index in [-0.39, 0.29) is 0 Å². The zero-order valence-electron chi connectivity index (χ0n) is 13.1. The van der Waals surface area contributed by atoms with E-state index in [1.165, 1.54) is 7.11 Å². The van der Waals surface area contributed by atoms with E-state index in [9.17, 15) is 14.7 Å². The first-order chi connectivity index (χ1) is 11.0. The molecule has 0 saturated heterocycles. The molecule has 5 nitrogen and oxygen atoms in total. The van der Waals surface area contributed by atoms with Crippen LogP contribution in [-0.2, 0) is 10.2 Å². The molecule has 0 aliphatic carbocycles. The SMILES string of the molecule is CCC(C(=O)O)(c1ccc(N)cc1)c1ccc(OC)cc1C=O. The Kier molecular flexibility index (Phi) is 4.69. The van der Waals surface area contributed by atoms with E-state index in [0.717, 1.165) is 0 Å². The molecule has 0 saturated carbocycles. The fourth-order valence-corrected chi connectivity index (χ4v) is 2.86. The van der Waals surface area contributed by atoms with Gasteiger partial charge in [-0.25, -0.2) is 0 Å². The second kappa shape index (κ2) is 6.52. The van der Waals surface area contributed by atoms with E-state index < -0.39 is 11.4 Å². The van der Waals surface area contributed by atoms with E-state index in [0.29, 0.717) is 40.8 Å². The Balaban J connectivity index is 2.75. The Morgan fingerprint density at radius 3 is 2.39 bits per heavy atom. The highest BCUT2D eigenvalue weighted by Gasteiger charge is 2.42. The Morgan fingerprint density at radius 1 is 1.26 bits per heavy atom. The minimum Gasteiger partial charge on any atom is -0.497 e. The van der Waals surface area contributed by atoms with E-state index in [1.807, 2.05) is 0 Å². The van der Waals surface area contributed by atoms with Crippen LogP contribution in [0.3, 0.4) is 0 Å². The van der Waals surface area contributed by atoms with Gasteiger partial charge in [0.25, 0.3) is 0 Å². The molecule has 0 aliphatic heterocycles. The van der Waals surface area contributed by atoms with Crippen molar-refractivity contribution in [2.24, 2.45) is 0 Å². The van der Waals surface area contributed by atoms with Gasteiger partial charge in [-0.1, -0.05) is 25.1 Å². The normalized spacial score (nSPS) is 13.1. The molecule has 3 N–H and O–H groups in total. The molecule has 5 heteroatoms. The van der Waals surface area contributed by atoms with Crippen LogP contribution >= 0.6 is 0 Å². The summed E-state index contributed by atoms with van der Waals surface area (Å²) >= 11 is 0. The van der Waals surface area contributed by atoms with Crippen molar-refractivity contribution in [3.63, 3.8) is 0 Å². The Hall–Kier alpha value is -2.82. The van der Waals surface area contributed by atoms with Crippen molar-refractivity contribution in [1.82, 2.24) is 0 Å². The summed E-state index contributed by atoms with van der Waals surface area (Å²) in [5, 5.41) is 9.97. The predicted molar refractivity (Wildman–Crippen MR) is 87.9 cm³/mol. The molecule has 0 amide bonds. The average molecular weight is 313 g/mol. The Morgan fingerprint density at radius 2 is 1.91 bits per heavy atom. The zero-order valence-corrected chi connectivity index (χ0v) is 13.1. The van der Waals surface area contributed by atoms with Gasteiger partial charge in [-0.2, -0.15) is 0 Å². The Labute approximate surface area is 134 Å². The van der Waals surface area contributed by atoms with Crippen molar-refractivity contribution >= 4 is 17.9 Å². The van der Waals surface area contributed by atoms with Gasteiger partial charge in [0.1, 0.15) is 11.2 Å². The molecule has 0 aliphatic rings. The number of methoxy groups -OCH3 is 1. The molecule has 2 rings (SSSR count). The summed E-state index contributed by atoms with van der Waals surface area (Å²) < 4.78 is 5.12. The van der Waals surface area contributed by atoms with Crippen LogP contribution in [0.1, 0.15) is 34.8 Å². The molecule has 23 heavy (non-hydrogen) atoms. The number of carboxylic acids is 1. The first kappa shape index (κ1) is 16.5. The third kappa shape index (κ3) is 2.77. The molecule has 0 fully saturated rings. The van der Waals surface area contributed by atoms with E-state index in [2.05, 4.69) is 0 Å². The van der Waals surface area contributed by atoms with E-state index >= 15 is 0 Å². The number of nitrogen functional groups attached to an aromatic ring is 1. The van der Waals surface area contributed by atoms with Crippen LogP contribution in [0.15, 0.2) is 42.5 Å². The monoisotopic (exact) mass is 313 g/mol. The fraction of sp³-hybridized carbons (Fsp3) is 0.222. The highest BCUT2D eigenvalue weighted by molar-refractivity contribution is 5.91. The van der Waals surface area contributed by atoms with Gasteiger partial charge in [-0.15, -0.1) is 0 Å². The zero-order chi connectivity index (χ0) is 17.0. The van der Waals surface area contributed by atoms with Crippen LogP contribution in [0.5, 0.6) is 5.75 Å². The van der Waals surface area contributed by atoms with Crippen molar-refractivity contribution in [1.29, 1.82) is 0 Å². The molecule has 2 aromatic rings. The van der Waals surface area contributed by atoms with Gasteiger partial charge in [-0.05, 0) is 41.8 Å². The third-order valence-corrected chi connectivity index (χ3v) is 4.14. The number of rotatable bonds is 6. The number of carboxylic acid groups (broad SMARTS) is 1. The third-order valence-electron chi connectivity index (χ3n) is 4.14. The quantitative estimate of drug-likeness (QED) is 0.632. The summed E-state index contributed by atoms with van der Waals surface area (Å²) in [5.41, 5.74) is 6.24. The molecule has 1 unspecified atom stereocenters. The lowest BCUT2D eigenvalue weighted by Gasteiger charge is -2.30. The summed E-state index contributed by atoms with van der Waals surface area (Å²) in [6, 6.07) is 11.5. The van der Waals surface area contributed by atoms with Crippen molar-refractivity contribution in [3.8, 4) is 5.75 Å². The molecule has 0 heterocycles. The summed E-state index contributed by atoms with van der Waals surface area (Å²) in [6.07, 6.45) is 0.946. The highest BCUT2D eigenvalue weighted by Crippen LogP contribution is 2.39. The average Bonchev–Trinajstić information content (AvgIpc) is 2.57. The first-order valence-corrected chi connectivity index (χ1v) is 7.22. The standard InChI is InChI=1S/C18H19NO4/c1-3-18(17(21)22,13-4-6-14(19)7-5-13)16-9-8-15(23-2)10-12(16)11-20/h4-11H,3,19H2,1-2H3,(H,21,22). The summed E-state index contributed by atoms with van der Waals surface area (Å²) in [7, 11) is 1.49. The molecule has 1 atom stereocenters. The smallest absolute Gasteiger partial charge is 0.318 e. The van der Waals surface area contributed by atoms with Crippen LogP contribution in [0.2, 0.25) is 0 Å². The number of anilines is 1. The number of carbonyl (C=O) groups is 2. The maximum atomic E-state index is 12.2. The van der Waals surface area contributed by atoms with Gasteiger partial charge in [-0.3, -0.25) is 9.59 Å². The number of aldehydes is 1. The molecular formula is C18H19NO4. The Bertz CT molecular complexity index is 724. The van der Waals surface area contributed by atoms with Crippen LogP contribution in [0.4, 0.5) is 5.69 Å². The van der Waals surface area contributed by atoms with Gasteiger partial charge in [0.05, 0.1) is 7.11 Å². The van der Waals surface area contributed by atoms with Crippen LogP contribution in [-0.4, -0.2) is 24.5 Å². The van der Waals surface area contributed by atoms with Gasteiger partial charge in [0.2, 0.25) is 0 Å². The summed E-state index contributed by atoms with van der Waals surface area (Å²) in [5.74, 6) is -0.512. The number of hydrogen-bond donors (Lipinski definition) is 2. The van der Waals surface area contributed by atoms with Crippen molar-refractivity contribution in [3.05, 3.63) is 59.2 Å². The van der Waals surface area contributed by atoms with Crippen molar-refractivity contribution in [2.75, 3.05) is 12.8 Å². The summed E-state index contributed by atoms with van der Waals surface area (Å²) in [4.78, 5) is 23.7. The highest BCUT2D eigenvalue weighted by atomic mass is 16.5. The first-order valence-electron chi connectivity index (χ1n) is 7.22. The molecular weight excluding hydrogens is 294 g/mol. The minimum absolute atomic E-state index is 0.291. The molecule has 0 bridgehead atoms. The van der Waals surface area contributed by atoms with Gasteiger partial charge in [0.15, 0.2) is 6.29 Å². The number of aliphatic carboxylic acids is 1. The topological polar surface area (TPSA) is 89.6 Å². The predicted octanol–water partition coefficient (Wildman–Crippen LogP) is 2.87. The summed E-state index contributed by atoms with van der Waals surface area (Å²) in [6.45, 7) is 1.78. The fourth-order valence-electron chi connectivity index (χ4n) is 2.86. The minimum atomic E-state index is -1.32. The van der Waals surface area contributed by atoms with Gasteiger partial charge in [0, 0.05) is 11.3 Å². The lowest BCUT2D eigenvalue weighted by molar-refractivity contribution is -0.142. The van der Waals surface area contributed by atoms with Crippen LogP contribution in [0, 0.1) is 0 Å². The number of carbonyl (C=O) groups excluding carboxylic acids is 1. The van der Waals surface area contributed by atoms with Crippen molar-refractivity contribution in [2.45, 2.75) is 18.8 Å². The lowest BCUT2D eigenvalue weighted by Crippen LogP contribution is -2.37. The molecule has 0 radical (unpaired) electrons. The van der Waals surface area contributed by atoms with E-state index in [4.69, 9.17) is 10.5 Å². The van der Waals surface area contributed by atoms with Crippen LogP contribution < -0.4 is 10.5 Å². The van der Waals surface area contributed by atoms with Gasteiger partial charge < -0.3 is 15.6 Å². The van der Waals surface area contributed by atoms with Crippen molar-refractivity contribution < 1.29 is 19.4 Å². The molecule has 0 spiro atoms. The second-order valence-electron chi connectivity index (χ2n) is 5.26. The molecule has 2 aromatic carbocycles. The van der Waals surface area contributed by atoms with Crippen LogP contribution in [0.25, 0.3) is 0 Å². The number of benzene rings is 2. The second-order valence-corrected chi connectivity index (χ2v) is 5.26. The van der Waals surface area contributed by atoms with E-state index in [1.54, 1.807) is 49.4 Å². The number of nitrogens with two attached hydrogens (primary N) is 1.